The smallest absolute Gasteiger partial charge is 0.206 e. The maximum Gasteiger partial charge on any atom is 0.206 e. The molecule has 0 atom stereocenters. The summed E-state index contributed by atoms with van der Waals surface area (Å²) in [5.41, 5.74) is 6.05. The molecule has 3 nitrogen and oxygen atoms in total. The van der Waals surface area contributed by atoms with Crippen molar-refractivity contribution in [2.45, 2.75) is 0 Å². The van der Waals surface area contributed by atoms with E-state index >= 15 is 0 Å². The Morgan fingerprint density at radius 1 is 1.05 bits per heavy atom. The summed E-state index contributed by atoms with van der Waals surface area (Å²) in [5, 5.41) is 0.0562. The fourth-order valence-corrected chi connectivity index (χ4v) is 2.29. The van der Waals surface area contributed by atoms with Crippen LogP contribution in [0.25, 0.3) is 16.7 Å². The summed E-state index contributed by atoms with van der Waals surface area (Å²) in [6, 6.07) is 5.41. The van der Waals surface area contributed by atoms with Gasteiger partial charge in [0.05, 0.1) is 16.2 Å². The maximum atomic E-state index is 13.7. The van der Waals surface area contributed by atoms with Crippen LogP contribution in [0.5, 0.6) is 0 Å². The molecule has 1 heterocycles. The van der Waals surface area contributed by atoms with E-state index < -0.39 is 17.5 Å². The fourth-order valence-electron chi connectivity index (χ4n) is 2.04. The van der Waals surface area contributed by atoms with E-state index in [1.807, 2.05) is 0 Å². The van der Waals surface area contributed by atoms with Gasteiger partial charge in [-0.3, -0.25) is 4.57 Å². The number of hydrogen-bond donors (Lipinski definition) is 1. The van der Waals surface area contributed by atoms with Gasteiger partial charge < -0.3 is 5.73 Å². The van der Waals surface area contributed by atoms with E-state index in [-0.39, 0.29) is 27.7 Å². The summed E-state index contributed by atoms with van der Waals surface area (Å²) in [7, 11) is 0. The monoisotopic (exact) mass is 297 g/mol. The molecular weight excluding hydrogens is 291 g/mol. The third-order valence-corrected chi connectivity index (χ3v) is 3.16. The number of benzene rings is 2. The van der Waals surface area contributed by atoms with Crippen molar-refractivity contribution in [3.63, 3.8) is 0 Å². The topological polar surface area (TPSA) is 43.8 Å². The Morgan fingerprint density at radius 3 is 2.50 bits per heavy atom. The molecule has 0 saturated heterocycles. The van der Waals surface area contributed by atoms with Gasteiger partial charge in [-0.2, -0.15) is 0 Å². The van der Waals surface area contributed by atoms with E-state index in [0.29, 0.717) is 6.07 Å². The molecule has 0 fully saturated rings. The highest BCUT2D eigenvalue weighted by Crippen LogP contribution is 2.30. The Morgan fingerprint density at radius 2 is 1.80 bits per heavy atom. The third kappa shape index (κ3) is 1.89. The normalized spacial score (nSPS) is 11.2. The average molecular weight is 298 g/mol. The molecule has 0 saturated carbocycles. The second-order valence-corrected chi connectivity index (χ2v) is 4.56. The van der Waals surface area contributed by atoms with Crippen molar-refractivity contribution in [3.8, 4) is 5.69 Å². The molecule has 0 aliphatic rings. The molecule has 0 bridgehead atoms. The number of hydrogen-bond acceptors (Lipinski definition) is 2. The highest BCUT2D eigenvalue weighted by Gasteiger charge is 2.17. The maximum absolute atomic E-state index is 13.7. The van der Waals surface area contributed by atoms with Crippen molar-refractivity contribution in [1.29, 1.82) is 0 Å². The zero-order valence-electron chi connectivity index (χ0n) is 9.87. The lowest BCUT2D eigenvalue weighted by molar-refractivity contribution is 0.590. The van der Waals surface area contributed by atoms with E-state index in [0.717, 1.165) is 12.1 Å². The van der Waals surface area contributed by atoms with Gasteiger partial charge in [-0.1, -0.05) is 11.6 Å². The molecule has 2 aromatic carbocycles. The van der Waals surface area contributed by atoms with Gasteiger partial charge in [-0.25, -0.2) is 18.2 Å². The van der Waals surface area contributed by atoms with Gasteiger partial charge in [0, 0.05) is 12.1 Å². The van der Waals surface area contributed by atoms with E-state index in [4.69, 9.17) is 17.3 Å². The molecule has 3 rings (SSSR count). The Kier molecular flexibility index (Phi) is 2.83. The first-order chi connectivity index (χ1) is 9.47. The molecule has 0 spiro atoms. The zero-order chi connectivity index (χ0) is 14.4. The molecular formula is C13H7ClF3N3. The summed E-state index contributed by atoms with van der Waals surface area (Å²) in [6.07, 6.45) is 0. The molecule has 1 aromatic heterocycles. The number of rotatable bonds is 1. The number of fused-ring (bicyclic) bond motifs is 1. The van der Waals surface area contributed by atoms with Crippen LogP contribution in [0.3, 0.4) is 0 Å². The molecule has 2 N–H and O–H groups in total. The zero-order valence-corrected chi connectivity index (χ0v) is 10.6. The van der Waals surface area contributed by atoms with Crippen LogP contribution in [0.2, 0.25) is 5.02 Å². The molecule has 0 unspecified atom stereocenters. The number of imidazole rings is 1. The van der Waals surface area contributed by atoms with Crippen LogP contribution >= 0.6 is 11.6 Å². The summed E-state index contributed by atoms with van der Waals surface area (Å²) < 4.78 is 41.3. The van der Waals surface area contributed by atoms with E-state index in [1.165, 1.54) is 16.7 Å². The van der Waals surface area contributed by atoms with Crippen LogP contribution in [0.15, 0.2) is 30.3 Å². The van der Waals surface area contributed by atoms with Crippen LogP contribution in [0.1, 0.15) is 0 Å². The molecule has 0 aliphatic heterocycles. The Labute approximate surface area is 116 Å². The van der Waals surface area contributed by atoms with Gasteiger partial charge in [-0.05, 0) is 18.2 Å². The summed E-state index contributed by atoms with van der Waals surface area (Å²) in [4.78, 5) is 3.84. The molecule has 0 radical (unpaired) electrons. The first-order valence-corrected chi connectivity index (χ1v) is 5.93. The van der Waals surface area contributed by atoms with Crippen molar-refractivity contribution in [3.05, 3.63) is 52.8 Å². The largest absolute Gasteiger partial charge is 0.369 e. The van der Waals surface area contributed by atoms with Crippen LogP contribution in [-0.2, 0) is 0 Å². The van der Waals surface area contributed by atoms with Gasteiger partial charge in [0.15, 0.2) is 5.82 Å². The number of aromatic nitrogens is 2. The predicted molar refractivity (Wildman–Crippen MR) is 70.4 cm³/mol. The van der Waals surface area contributed by atoms with Crippen molar-refractivity contribution in [2.24, 2.45) is 0 Å². The van der Waals surface area contributed by atoms with Crippen LogP contribution < -0.4 is 5.73 Å². The van der Waals surface area contributed by atoms with Crippen molar-refractivity contribution in [2.75, 3.05) is 5.73 Å². The molecule has 3 aromatic rings. The van der Waals surface area contributed by atoms with Gasteiger partial charge in [0.25, 0.3) is 0 Å². The molecule has 0 aliphatic carbocycles. The third-order valence-electron chi connectivity index (χ3n) is 2.86. The Hall–Kier alpha value is -2.21. The summed E-state index contributed by atoms with van der Waals surface area (Å²) >= 11 is 5.94. The van der Waals surface area contributed by atoms with Crippen LogP contribution in [0.4, 0.5) is 19.1 Å². The minimum Gasteiger partial charge on any atom is -0.369 e. The van der Waals surface area contributed by atoms with Gasteiger partial charge in [0.1, 0.15) is 17.2 Å². The predicted octanol–water partition coefficient (Wildman–Crippen LogP) is 3.68. The number of nitrogen functional groups attached to an aromatic ring is 1. The molecule has 102 valence electrons. The highest BCUT2D eigenvalue weighted by molar-refractivity contribution is 6.32. The lowest BCUT2D eigenvalue weighted by Gasteiger charge is -2.08. The number of halogens is 4. The first-order valence-electron chi connectivity index (χ1n) is 5.56. The van der Waals surface area contributed by atoms with E-state index in [1.54, 1.807) is 0 Å². The standard InChI is InChI=1S/C13H7ClF3N3/c14-8-3-6(15)1-2-10(8)20-11-5-7(16)4-9(17)12(11)19-13(20)18/h1-5H,(H2,18,19). The van der Waals surface area contributed by atoms with Crippen molar-refractivity contribution >= 4 is 28.6 Å². The minimum atomic E-state index is -0.830. The second-order valence-electron chi connectivity index (χ2n) is 4.16. The molecule has 20 heavy (non-hydrogen) atoms. The van der Waals surface area contributed by atoms with E-state index in [9.17, 15) is 13.2 Å². The summed E-state index contributed by atoms with van der Waals surface area (Å²) in [5.74, 6) is -2.20. The van der Waals surface area contributed by atoms with Crippen molar-refractivity contribution < 1.29 is 13.2 Å². The Balaban J connectivity index is 2.38. The average Bonchev–Trinajstić information content (AvgIpc) is 2.67. The Bertz CT molecular complexity index is 829. The lowest BCUT2D eigenvalue weighted by Crippen LogP contribution is -2.01. The second kappa shape index (κ2) is 4.42. The van der Waals surface area contributed by atoms with Crippen LogP contribution in [-0.4, -0.2) is 9.55 Å². The first kappa shape index (κ1) is 12.8. The van der Waals surface area contributed by atoms with Gasteiger partial charge >= 0.3 is 0 Å². The minimum absolute atomic E-state index is 0.0562. The number of anilines is 1. The van der Waals surface area contributed by atoms with Gasteiger partial charge in [0.2, 0.25) is 5.95 Å². The summed E-state index contributed by atoms with van der Waals surface area (Å²) in [6.45, 7) is 0. The highest BCUT2D eigenvalue weighted by atomic mass is 35.5. The van der Waals surface area contributed by atoms with Gasteiger partial charge in [-0.15, -0.1) is 0 Å². The number of nitrogens with two attached hydrogens (primary N) is 1. The SMILES string of the molecule is Nc1nc2c(F)cc(F)cc2n1-c1ccc(F)cc1Cl. The van der Waals surface area contributed by atoms with Crippen molar-refractivity contribution in [1.82, 2.24) is 9.55 Å². The lowest BCUT2D eigenvalue weighted by atomic mass is 10.2. The van der Waals surface area contributed by atoms with Crippen LogP contribution in [0, 0.1) is 17.5 Å². The van der Waals surface area contributed by atoms with E-state index in [2.05, 4.69) is 4.98 Å². The molecule has 0 amide bonds. The fraction of sp³-hybridized carbons (Fsp3) is 0. The molecule has 7 heteroatoms. The quantitative estimate of drug-likeness (QED) is 0.744. The number of nitrogens with zero attached hydrogens (tertiary/aromatic N) is 2.